The van der Waals surface area contributed by atoms with Crippen LogP contribution in [-0.4, -0.2) is 39.3 Å². The lowest BCUT2D eigenvalue weighted by atomic mass is 10.3. The monoisotopic (exact) mass is 390 g/mol. The van der Waals surface area contributed by atoms with Gasteiger partial charge in [0.15, 0.2) is 11.2 Å². The van der Waals surface area contributed by atoms with Gasteiger partial charge in [0.1, 0.15) is 5.82 Å². The zero-order chi connectivity index (χ0) is 19.0. The highest BCUT2D eigenvalue weighted by Crippen LogP contribution is 2.36. The van der Waals surface area contributed by atoms with Gasteiger partial charge in [0.2, 0.25) is 5.16 Å². The molecule has 4 rings (SSSR count). The Hall–Kier alpha value is -2.43. The van der Waals surface area contributed by atoms with Crippen molar-refractivity contribution in [3.05, 3.63) is 26.7 Å². The van der Waals surface area contributed by atoms with Gasteiger partial charge in [0.25, 0.3) is 5.56 Å². The fourth-order valence-electron chi connectivity index (χ4n) is 3.15. The molecular weight excluding hydrogens is 368 g/mol. The molecule has 3 aromatic heterocycles. The van der Waals surface area contributed by atoms with Gasteiger partial charge in [0.05, 0.1) is 11.8 Å². The second-order valence-corrected chi connectivity index (χ2v) is 7.58. The smallest absolute Gasteiger partial charge is 0.322 e. The Labute approximate surface area is 159 Å². The highest BCUT2D eigenvalue weighted by atomic mass is 32.2. The lowest BCUT2D eigenvalue weighted by molar-refractivity contribution is 0.565. The van der Waals surface area contributed by atoms with Crippen LogP contribution in [0.3, 0.4) is 0 Å². The van der Waals surface area contributed by atoms with Gasteiger partial charge in [-0.15, -0.1) is 5.10 Å². The lowest BCUT2D eigenvalue weighted by Gasteiger charge is -2.06. The van der Waals surface area contributed by atoms with E-state index in [2.05, 4.69) is 32.4 Å². The predicted molar refractivity (Wildman–Crippen MR) is 101 cm³/mol. The van der Waals surface area contributed by atoms with E-state index in [1.54, 1.807) is 4.57 Å². The first-order valence-corrected chi connectivity index (χ1v) is 10.3. The number of rotatable bonds is 8. The molecule has 10 nitrogen and oxygen atoms in total. The quantitative estimate of drug-likeness (QED) is 0.577. The van der Waals surface area contributed by atoms with Crippen LogP contribution in [-0.2, 0) is 18.8 Å². The number of aromatic amines is 1. The molecule has 11 heteroatoms. The van der Waals surface area contributed by atoms with Crippen LogP contribution in [0.1, 0.15) is 51.4 Å². The summed E-state index contributed by atoms with van der Waals surface area (Å²) in [7, 11) is 0. The number of nitrogens with zero attached hydrogens (tertiary/aromatic N) is 7. The minimum absolute atomic E-state index is 0.392. The maximum atomic E-state index is 12.4. The molecule has 1 aliphatic carbocycles. The first kappa shape index (κ1) is 18.0. The number of nitrogens with one attached hydrogen (secondary N) is 1. The van der Waals surface area contributed by atoms with Crippen molar-refractivity contribution < 1.29 is 0 Å². The Morgan fingerprint density at radius 3 is 2.74 bits per heavy atom. The summed E-state index contributed by atoms with van der Waals surface area (Å²) in [5, 5.41) is 12.7. The number of unbranched alkanes of at least 4 members (excludes halogenated alkanes) is 1. The van der Waals surface area contributed by atoms with E-state index in [4.69, 9.17) is 0 Å². The second-order valence-electron chi connectivity index (χ2n) is 6.63. The Morgan fingerprint density at radius 1 is 1.22 bits per heavy atom. The third kappa shape index (κ3) is 3.31. The Bertz CT molecular complexity index is 1070. The molecule has 0 saturated heterocycles. The number of H-pyrrole nitrogens is 1. The van der Waals surface area contributed by atoms with Gasteiger partial charge < -0.3 is 4.57 Å². The highest BCUT2D eigenvalue weighted by molar-refractivity contribution is 7.98. The summed E-state index contributed by atoms with van der Waals surface area (Å²) in [6, 6.07) is 0.398. The molecule has 1 fully saturated rings. The lowest BCUT2D eigenvalue weighted by Crippen LogP contribution is -2.31. The minimum atomic E-state index is -0.404. The van der Waals surface area contributed by atoms with Gasteiger partial charge in [-0.1, -0.05) is 25.1 Å². The van der Waals surface area contributed by atoms with E-state index in [9.17, 15) is 9.59 Å². The molecule has 27 heavy (non-hydrogen) atoms. The summed E-state index contributed by atoms with van der Waals surface area (Å²) in [6.45, 7) is 5.15. The molecule has 0 atom stereocenters. The third-order valence-electron chi connectivity index (χ3n) is 4.70. The zero-order valence-electron chi connectivity index (χ0n) is 15.4. The Kier molecular flexibility index (Phi) is 4.85. The number of imidazole rings is 1. The number of fused-ring (bicyclic) bond motifs is 1. The van der Waals surface area contributed by atoms with Crippen molar-refractivity contribution >= 4 is 22.9 Å². The fraction of sp³-hybridized carbons (Fsp3) is 0.625. The Balaban J connectivity index is 1.71. The van der Waals surface area contributed by atoms with Crippen LogP contribution in [0.2, 0.25) is 0 Å². The molecule has 3 heterocycles. The summed E-state index contributed by atoms with van der Waals surface area (Å²) in [5.74, 6) is 1.26. The molecule has 0 unspecified atom stereocenters. The molecule has 1 saturated carbocycles. The van der Waals surface area contributed by atoms with Crippen molar-refractivity contribution in [1.29, 1.82) is 0 Å². The average Bonchev–Trinajstić information content (AvgIpc) is 3.26. The molecule has 144 valence electrons. The van der Waals surface area contributed by atoms with E-state index in [0.717, 1.165) is 36.7 Å². The SMILES string of the molecule is CCCCn1c(=O)[nH]c(=O)c2c1nc(CSc1nnnn1C1CC1)n2CC. The summed E-state index contributed by atoms with van der Waals surface area (Å²) in [5.41, 5.74) is 0.108. The normalized spacial score (nSPS) is 14.3. The third-order valence-corrected chi connectivity index (χ3v) is 5.63. The average molecular weight is 390 g/mol. The van der Waals surface area contributed by atoms with E-state index in [0.29, 0.717) is 36.0 Å². The van der Waals surface area contributed by atoms with E-state index in [1.807, 2.05) is 16.2 Å². The fourth-order valence-corrected chi connectivity index (χ4v) is 4.04. The Morgan fingerprint density at radius 2 is 2.04 bits per heavy atom. The first-order chi connectivity index (χ1) is 13.1. The van der Waals surface area contributed by atoms with Crippen molar-refractivity contribution in [2.75, 3.05) is 0 Å². The molecule has 0 bridgehead atoms. The maximum absolute atomic E-state index is 12.4. The van der Waals surface area contributed by atoms with Crippen LogP contribution in [0.25, 0.3) is 11.2 Å². The zero-order valence-corrected chi connectivity index (χ0v) is 16.2. The van der Waals surface area contributed by atoms with Gasteiger partial charge in [0, 0.05) is 13.1 Å². The highest BCUT2D eigenvalue weighted by Gasteiger charge is 2.28. The van der Waals surface area contributed by atoms with Crippen molar-refractivity contribution in [2.45, 2.75) is 69.6 Å². The number of tetrazole rings is 1. The largest absolute Gasteiger partial charge is 0.330 e. The van der Waals surface area contributed by atoms with Gasteiger partial charge in [-0.05, 0) is 36.6 Å². The van der Waals surface area contributed by atoms with Crippen molar-refractivity contribution in [3.8, 4) is 0 Å². The second kappa shape index (κ2) is 7.29. The molecule has 0 aliphatic heterocycles. The van der Waals surface area contributed by atoms with Gasteiger partial charge in [-0.25, -0.2) is 14.5 Å². The van der Waals surface area contributed by atoms with Gasteiger partial charge in [-0.3, -0.25) is 14.3 Å². The number of hydrogen-bond acceptors (Lipinski definition) is 7. The minimum Gasteiger partial charge on any atom is -0.322 e. The van der Waals surface area contributed by atoms with Crippen LogP contribution < -0.4 is 11.2 Å². The first-order valence-electron chi connectivity index (χ1n) is 9.26. The molecule has 0 radical (unpaired) electrons. The van der Waals surface area contributed by atoms with Crippen LogP contribution in [0.5, 0.6) is 0 Å². The van der Waals surface area contributed by atoms with Gasteiger partial charge in [-0.2, -0.15) is 0 Å². The van der Waals surface area contributed by atoms with E-state index in [-0.39, 0.29) is 0 Å². The number of aromatic nitrogens is 8. The number of aryl methyl sites for hydroxylation is 2. The number of hydrogen-bond donors (Lipinski definition) is 1. The maximum Gasteiger partial charge on any atom is 0.330 e. The summed E-state index contributed by atoms with van der Waals surface area (Å²) < 4.78 is 5.29. The number of thioether (sulfide) groups is 1. The van der Waals surface area contributed by atoms with Crippen molar-refractivity contribution in [2.24, 2.45) is 0 Å². The van der Waals surface area contributed by atoms with Crippen LogP contribution in [0.4, 0.5) is 0 Å². The summed E-state index contributed by atoms with van der Waals surface area (Å²) in [6.07, 6.45) is 4.00. The molecule has 0 amide bonds. The molecule has 1 N–H and O–H groups in total. The molecule has 1 aliphatic rings. The summed E-state index contributed by atoms with van der Waals surface area (Å²) >= 11 is 1.50. The van der Waals surface area contributed by atoms with Crippen LogP contribution >= 0.6 is 11.8 Å². The summed E-state index contributed by atoms with van der Waals surface area (Å²) in [4.78, 5) is 31.8. The molecular formula is C16H22N8O2S. The standard InChI is InChI=1S/C16H22N8O2S/c1-3-5-8-23-13-12(14(25)18-15(23)26)22(4-2)11(17-13)9-27-16-19-20-21-24(16)10-6-7-10/h10H,3-9H2,1-2H3,(H,18,25,26). The molecule has 3 aromatic rings. The van der Waals surface area contributed by atoms with Crippen LogP contribution in [0, 0.1) is 0 Å². The van der Waals surface area contributed by atoms with E-state index in [1.165, 1.54) is 11.8 Å². The topological polar surface area (TPSA) is 116 Å². The van der Waals surface area contributed by atoms with Crippen molar-refractivity contribution in [1.82, 2.24) is 39.3 Å². The van der Waals surface area contributed by atoms with Crippen LogP contribution in [0.15, 0.2) is 14.7 Å². The molecule has 0 aromatic carbocycles. The molecule has 0 spiro atoms. The van der Waals surface area contributed by atoms with E-state index >= 15 is 0 Å². The van der Waals surface area contributed by atoms with Crippen molar-refractivity contribution in [3.63, 3.8) is 0 Å². The van der Waals surface area contributed by atoms with E-state index < -0.39 is 11.2 Å². The predicted octanol–water partition coefficient (Wildman–Crippen LogP) is 1.32. The van der Waals surface area contributed by atoms with Gasteiger partial charge >= 0.3 is 5.69 Å².